The minimum absolute atomic E-state index is 0.274. The first-order valence-electron chi connectivity index (χ1n) is 10.5. The molecule has 1 heterocycles. The Morgan fingerprint density at radius 1 is 0.812 bits per heavy atom. The number of aryl methyl sites for hydroxylation is 1. The molecule has 7 nitrogen and oxygen atoms in total. The molecule has 3 rings (SSSR count). The number of hydrogen-bond acceptors (Lipinski definition) is 4. The number of hydrogen-bond donors (Lipinski definition) is 3. The molecule has 1 aromatic heterocycles. The molecule has 0 unspecified atom stereocenters. The van der Waals surface area contributed by atoms with Crippen molar-refractivity contribution in [1.82, 2.24) is 15.6 Å². The number of anilines is 1. The van der Waals surface area contributed by atoms with Crippen molar-refractivity contribution in [3.63, 3.8) is 0 Å². The van der Waals surface area contributed by atoms with Gasteiger partial charge in [0.25, 0.3) is 5.91 Å². The largest absolute Gasteiger partial charge is 0.348 e. The second-order valence-electron chi connectivity index (χ2n) is 7.18. The van der Waals surface area contributed by atoms with E-state index in [9.17, 15) is 14.4 Å². The highest BCUT2D eigenvalue weighted by Gasteiger charge is 2.17. The van der Waals surface area contributed by atoms with Gasteiger partial charge in [-0.3, -0.25) is 19.4 Å². The number of carbonyl (C=O) groups excluding carboxylic acids is 3. The maximum Gasteiger partial charge on any atom is 0.313 e. The Hall–Kier alpha value is -4.00. The standard InChI is InChI=1S/C25H26N4O3/c1-2-18-10-12-19(13-11-18)17-28-23(30)21-8-3-4-9-22(21)29-25(32)24(31)27-16-14-20-7-5-6-15-26-20/h3-13,15H,2,14,16-17H2,1H3,(H,27,31)(H,28,30)(H,29,32). The molecule has 164 valence electrons. The Labute approximate surface area is 187 Å². The van der Waals surface area contributed by atoms with Crippen LogP contribution in [0.5, 0.6) is 0 Å². The van der Waals surface area contributed by atoms with E-state index in [0.29, 0.717) is 13.0 Å². The van der Waals surface area contributed by atoms with Crippen molar-refractivity contribution in [2.24, 2.45) is 0 Å². The van der Waals surface area contributed by atoms with Gasteiger partial charge in [0.05, 0.1) is 11.3 Å². The highest BCUT2D eigenvalue weighted by molar-refractivity contribution is 6.40. The molecule has 0 fully saturated rings. The number of pyridine rings is 1. The maximum absolute atomic E-state index is 12.7. The van der Waals surface area contributed by atoms with Crippen LogP contribution < -0.4 is 16.0 Å². The summed E-state index contributed by atoms with van der Waals surface area (Å²) in [5.41, 5.74) is 3.58. The Morgan fingerprint density at radius 2 is 1.53 bits per heavy atom. The van der Waals surface area contributed by atoms with Crippen LogP contribution in [0.25, 0.3) is 0 Å². The number of rotatable bonds is 8. The highest BCUT2D eigenvalue weighted by Crippen LogP contribution is 2.15. The smallest absolute Gasteiger partial charge is 0.313 e. The van der Waals surface area contributed by atoms with Gasteiger partial charge < -0.3 is 16.0 Å². The molecule has 0 aliphatic rings. The van der Waals surface area contributed by atoms with Crippen LogP contribution in [0.15, 0.2) is 72.9 Å². The summed E-state index contributed by atoms with van der Waals surface area (Å²) in [6.07, 6.45) is 3.14. The fourth-order valence-corrected chi connectivity index (χ4v) is 3.07. The summed E-state index contributed by atoms with van der Waals surface area (Å²) in [4.78, 5) is 41.3. The lowest BCUT2D eigenvalue weighted by Crippen LogP contribution is -2.37. The van der Waals surface area contributed by atoms with E-state index >= 15 is 0 Å². The lowest BCUT2D eigenvalue weighted by molar-refractivity contribution is -0.136. The molecule has 32 heavy (non-hydrogen) atoms. The zero-order valence-corrected chi connectivity index (χ0v) is 17.9. The molecule has 0 aliphatic heterocycles. The quantitative estimate of drug-likeness (QED) is 0.479. The molecule has 7 heteroatoms. The van der Waals surface area contributed by atoms with Crippen molar-refractivity contribution in [2.75, 3.05) is 11.9 Å². The summed E-state index contributed by atoms with van der Waals surface area (Å²) >= 11 is 0. The van der Waals surface area contributed by atoms with Gasteiger partial charge >= 0.3 is 11.8 Å². The molecule has 0 saturated heterocycles. The summed E-state index contributed by atoms with van der Waals surface area (Å²) in [5, 5.41) is 7.94. The first-order chi connectivity index (χ1) is 15.6. The van der Waals surface area contributed by atoms with Crippen LogP contribution >= 0.6 is 0 Å². The van der Waals surface area contributed by atoms with Crippen LogP contribution in [0.3, 0.4) is 0 Å². The second kappa shape index (κ2) is 11.4. The first kappa shape index (κ1) is 22.7. The molecule has 0 spiro atoms. The van der Waals surface area contributed by atoms with E-state index in [0.717, 1.165) is 17.7 Å². The average Bonchev–Trinajstić information content (AvgIpc) is 2.83. The maximum atomic E-state index is 12.7. The summed E-state index contributed by atoms with van der Waals surface area (Å²) in [6.45, 7) is 2.73. The van der Waals surface area contributed by atoms with Crippen LogP contribution in [0.2, 0.25) is 0 Å². The van der Waals surface area contributed by atoms with Gasteiger partial charge in [-0.1, -0.05) is 49.4 Å². The fraction of sp³-hybridized carbons (Fsp3) is 0.200. The van der Waals surface area contributed by atoms with E-state index in [1.165, 1.54) is 5.56 Å². The van der Waals surface area contributed by atoms with E-state index in [4.69, 9.17) is 0 Å². The van der Waals surface area contributed by atoms with E-state index in [2.05, 4.69) is 27.9 Å². The lowest BCUT2D eigenvalue weighted by atomic mass is 10.1. The molecule has 3 amide bonds. The van der Waals surface area contributed by atoms with Crippen molar-refractivity contribution < 1.29 is 14.4 Å². The van der Waals surface area contributed by atoms with Gasteiger partial charge in [-0.05, 0) is 41.8 Å². The fourth-order valence-electron chi connectivity index (χ4n) is 3.07. The van der Waals surface area contributed by atoms with Crippen LogP contribution in [-0.2, 0) is 29.0 Å². The third-order valence-corrected chi connectivity index (χ3v) is 4.90. The SMILES string of the molecule is CCc1ccc(CNC(=O)c2ccccc2NC(=O)C(=O)NCCc2ccccn2)cc1. The zero-order chi connectivity index (χ0) is 22.8. The number of benzene rings is 2. The van der Waals surface area contributed by atoms with Gasteiger partial charge in [-0.2, -0.15) is 0 Å². The molecule has 0 aliphatic carbocycles. The Balaban J connectivity index is 1.54. The monoisotopic (exact) mass is 430 g/mol. The molecule has 0 saturated carbocycles. The Kier molecular flexibility index (Phi) is 8.09. The van der Waals surface area contributed by atoms with E-state index < -0.39 is 11.8 Å². The average molecular weight is 431 g/mol. The van der Waals surface area contributed by atoms with E-state index in [-0.39, 0.29) is 23.7 Å². The molecular formula is C25H26N4O3. The molecule has 0 atom stereocenters. The minimum Gasteiger partial charge on any atom is -0.348 e. The molecule has 0 radical (unpaired) electrons. The number of para-hydroxylation sites is 1. The van der Waals surface area contributed by atoms with Crippen molar-refractivity contribution in [3.8, 4) is 0 Å². The van der Waals surface area contributed by atoms with Gasteiger partial charge in [-0.15, -0.1) is 0 Å². The van der Waals surface area contributed by atoms with Gasteiger partial charge in [0.15, 0.2) is 0 Å². The lowest BCUT2D eigenvalue weighted by Gasteiger charge is -2.12. The van der Waals surface area contributed by atoms with Crippen molar-refractivity contribution >= 4 is 23.4 Å². The Bertz CT molecular complexity index is 1070. The number of amides is 3. The van der Waals surface area contributed by atoms with Crippen molar-refractivity contribution in [3.05, 3.63) is 95.3 Å². The van der Waals surface area contributed by atoms with Crippen LogP contribution in [0.4, 0.5) is 5.69 Å². The van der Waals surface area contributed by atoms with Crippen molar-refractivity contribution in [1.29, 1.82) is 0 Å². The summed E-state index contributed by atoms with van der Waals surface area (Å²) < 4.78 is 0. The van der Waals surface area contributed by atoms with Crippen LogP contribution in [0, 0.1) is 0 Å². The normalized spacial score (nSPS) is 10.3. The molecule has 3 aromatic rings. The van der Waals surface area contributed by atoms with Gasteiger partial charge in [-0.25, -0.2) is 0 Å². The summed E-state index contributed by atoms with van der Waals surface area (Å²) in [7, 11) is 0. The van der Waals surface area contributed by atoms with Crippen LogP contribution in [-0.4, -0.2) is 29.3 Å². The first-order valence-corrected chi connectivity index (χ1v) is 10.5. The summed E-state index contributed by atoms with van der Waals surface area (Å²) in [5.74, 6) is -1.94. The number of nitrogens with zero attached hydrogens (tertiary/aromatic N) is 1. The number of carbonyl (C=O) groups is 3. The number of aromatic nitrogens is 1. The molecule has 0 bridgehead atoms. The molecule has 3 N–H and O–H groups in total. The zero-order valence-electron chi connectivity index (χ0n) is 17.9. The van der Waals surface area contributed by atoms with Crippen LogP contribution in [0.1, 0.15) is 34.1 Å². The predicted octanol–water partition coefficient (Wildman–Crippen LogP) is 2.87. The third kappa shape index (κ3) is 6.50. The number of nitrogens with one attached hydrogen (secondary N) is 3. The molecular weight excluding hydrogens is 404 g/mol. The second-order valence-corrected chi connectivity index (χ2v) is 7.18. The van der Waals surface area contributed by atoms with E-state index in [1.54, 1.807) is 30.5 Å². The van der Waals surface area contributed by atoms with Gasteiger partial charge in [0.2, 0.25) is 0 Å². The van der Waals surface area contributed by atoms with Crippen molar-refractivity contribution in [2.45, 2.75) is 26.3 Å². The molecule has 2 aromatic carbocycles. The summed E-state index contributed by atoms with van der Waals surface area (Å²) in [6, 6.07) is 20.1. The topological polar surface area (TPSA) is 100 Å². The van der Waals surface area contributed by atoms with E-state index in [1.807, 2.05) is 42.5 Å². The predicted molar refractivity (Wildman–Crippen MR) is 123 cm³/mol. The highest BCUT2D eigenvalue weighted by atomic mass is 16.2. The van der Waals surface area contributed by atoms with Gasteiger partial charge in [0, 0.05) is 31.4 Å². The van der Waals surface area contributed by atoms with Gasteiger partial charge in [0.1, 0.15) is 0 Å². The minimum atomic E-state index is -0.832. The third-order valence-electron chi connectivity index (χ3n) is 4.90. The Morgan fingerprint density at radius 3 is 2.25 bits per heavy atom.